The number of para-hydroxylation sites is 3. The van der Waals surface area contributed by atoms with Gasteiger partial charge in [-0.2, -0.15) is 0 Å². The van der Waals surface area contributed by atoms with E-state index >= 15 is 14.4 Å². The lowest BCUT2D eigenvalue weighted by Crippen LogP contribution is -2.62. The van der Waals surface area contributed by atoms with E-state index in [1.807, 2.05) is 54.6 Å². The molecule has 19 N–H and O–H groups in total. The van der Waals surface area contributed by atoms with Crippen LogP contribution in [0.5, 0.6) is 0 Å². The minimum absolute atomic E-state index is 0.0428. The summed E-state index contributed by atoms with van der Waals surface area (Å²) in [5, 5.41) is 48.1. The number of guanidine groups is 1. The molecule has 31 heteroatoms. The van der Waals surface area contributed by atoms with Crippen LogP contribution >= 0.6 is 0 Å². The van der Waals surface area contributed by atoms with Crippen LogP contribution in [-0.4, -0.2) is 191 Å². The van der Waals surface area contributed by atoms with Crippen molar-refractivity contribution in [1.29, 1.82) is 5.41 Å². The predicted octanol–water partition coefficient (Wildman–Crippen LogP) is -0.855. The number of nitrogens with zero attached hydrogens (tertiary/aromatic N) is 3. The van der Waals surface area contributed by atoms with E-state index in [1.165, 1.54) is 29.9 Å². The fourth-order valence-electron chi connectivity index (χ4n) is 12.3. The summed E-state index contributed by atoms with van der Waals surface area (Å²) in [6.45, 7) is 1.50. The third kappa shape index (κ3) is 17.5. The van der Waals surface area contributed by atoms with Crippen LogP contribution in [0.1, 0.15) is 73.5 Å². The molecule has 0 saturated carbocycles. The molecule has 3 aromatic carbocycles. The van der Waals surface area contributed by atoms with E-state index in [0.717, 1.165) is 10.9 Å². The van der Waals surface area contributed by atoms with Crippen molar-refractivity contribution < 1.29 is 53.1 Å². The monoisotopic (exact) mass is 1330 g/mol. The molecular weight excluding hydrogens is 1250 g/mol. The molecule has 2 aliphatic rings. The molecule has 510 valence electrons. The van der Waals surface area contributed by atoms with E-state index in [4.69, 9.17) is 11.1 Å². The van der Waals surface area contributed by atoms with E-state index in [9.17, 15) is 38.7 Å². The summed E-state index contributed by atoms with van der Waals surface area (Å²) in [5.74, 6) is -7.52. The topological polar surface area (TPSA) is 469 Å². The number of carbonyl (C=O) groups excluding carboxylic acids is 10. The van der Waals surface area contributed by atoms with Crippen molar-refractivity contribution >= 4 is 97.7 Å². The molecule has 5 aromatic heterocycles. The number of nitrogens with two attached hydrogens (primary N) is 1. The van der Waals surface area contributed by atoms with Crippen LogP contribution in [0.2, 0.25) is 0 Å². The molecule has 31 nitrogen and oxygen atoms in total. The molecule has 9 atom stereocenters. The molecule has 10 rings (SSSR count). The highest BCUT2D eigenvalue weighted by atomic mass is 16.3. The standard InChI is InChI=1S/C66H80N20O11/c1-2-71-64(96)55-18-10-22-86(55)65(97)48(17-9-21-72-66(67)68)79-58(90)49(23-36-28-73-44-14-6-3-11-41(36)44)80-59(91)50(24-37-29-74-45-15-7-4-12-42(37)45)81-62(94)53(27-40-32-70-35-77-40)84-63(95)54(33-87)85-60(92)51(25-38-30-75-46-16-8-5-13-43(38)46)82-61(93)52(26-39-31-69-34-76-39)83-57(89)47-19-20-56(88)78-47/h3-8,11-16,28-32,34-35,47-55,73-75,87H,2,9-10,17-27,33H2,1H3,(H,69,76)(H,70,77)(H,71,96)(H,78,88)(H,79,90)(H,80,91)(H,81,94)(H,82,93)(H,83,89)(H,84,95)(H,85,92)(H4,67,68,72)/t47-,48-,49-,50+,51-,52-,53-,54-,55-/m0/s1. The minimum atomic E-state index is -1.78. The zero-order chi connectivity index (χ0) is 68.5. The molecule has 0 bridgehead atoms. The first-order chi connectivity index (χ1) is 46.9. The lowest BCUT2D eigenvalue weighted by molar-refractivity contribution is -0.142. The van der Waals surface area contributed by atoms with E-state index in [2.05, 4.69) is 88.1 Å². The predicted molar refractivity (Wildman–Crippen MR) is 355 cm³/mol. The number of aromatic nitrogens is 7. The van der Waals surface area contributed by atoms with Crippen LogP contribution in [0.15, 0.2) is 116 Å². The zero-order valence-corrected chi connectivity index (χ0v) is 53.2. The van der Waals surface area contributed by atoms with Crippen LogP contribution in [0.25, 0.3) is 32.7 Å². The van der Waals surface area contributed by atoms with Gasteiger partial charge in [0.1, 0.15) is 54.4 Å². The Bertz CT molecular complexity index is 4120. The molecule has 2 aliphatic heterocycles. The first-order valence-electron chi connectivity index (χ1n) is 32.2. The fourth-order valence-corrected chi connectivity index (χ4v) is 12.3. The SMILES string of the molecule is CCNC(=O)[C@@H]1CCCN1C(=O)[C@H](CCCNC(=N)N)NC(=O)[C@H](Cc1c[nH]c2ccccc12)NC(=O)[C@@H](Cc1c[nH]c2ccccc12)NC(=O)[C@H](Cc1c[nH]cn1)NC(=O)[C@H](CO)NC(=O)[C@H](Cc1c[nH]c2ccccc12)NC(=O)[C@H](Cc1c[nH]cn1)NC(=O)[C@@H]1CCC(=O)N1. The smallest absolute Gasteiger partial charge is 0.245 e. The first kappa shape index (κ1) is 68.5. The highest BCUT2D eigenvalue weighted by Crippen LogP contribution is 2.25. The Balaban J connectivity index is 0.918. The number of hydrogen-bond donors (Lipinski definition) is 18. The van der Waals surface area contributed by atoms with Gasteiger partial charge >= 0.3 is 0 Å². The van der Waals surface area contributed by atoms with Crippen molar-refractivity contribution in [3.8, 4) is 0 Å². The summed E-state index contributed by atoms with van der Waals surface area (Å²) in [6.07, 6.45) is 11.4. The number of nitrogens with one attached hydrogen (secondary N) is 16. The lowest BCUT2D eigenvalue weighted by atomic mass is 10.0. The quantitative estimate of drug-likeness (QED) is 0.0139. The van der Waals surface area contributed by atoms with E-state index < -0.39 is 108 Å². The zero-order valence-electron chi connectivity index (χ0n) is 53.2. The van der Waals surface area contributed by atoms with Gasteiger partial charge in [0.2, 0.25) is 59.1 Å². The Morgan fingerprint density at radius 1 is 0.567 bits per heavy atom. The fraction of sp³-hybridized carbons (Fsp3) is 0.379. The average molecular weight is 1330 g/mol. The molecule has 2 saturated heterocycles. The molecule has 0 aliphatic carbocycles. The van der Waals surface area contributed by atoms with Gasteiger partial charge in [-0.15, -0.1) is 0 Å². The summed E-state index contributed by atoms with van der Waals surface area (Å²) in [5.41, 5.74) is 10.2. The van der Waals surface area contributed by atoms with Gasteiger partial charge in [0.05, 0.1) is 30.6 Å². The largest absolute Gasteiger partial charge is 0.394 e. The van der Waals surface area contributed by atoms with Crippen molar-refractivity contribution in [3.63, 3.8) is 0 Å². The third-order valence-corrected chi connectivity index (χ3v) is 17.3. The first-order valence-corrected chi connectivity index (χ1v) is 32.2. The van der Waals surface area contributed by atoms with Gasteiger partial charge in [-0.1, -0.05) is 54.6 Å². The normalized spacial score (nSPS) is 16.6. The van der Waals surface area contributed by atoms with Crippen LogP contribution in [0.4, 0.5) is 0 Å². The second kappa shape index (κ2) is 32.2. The van der Waals surface area contributed by atoms with Gasteiger partial charge in [-0.05, 0) is 73.9 Å². The Labute approximate surface area is 555 Å². The van der Waals surface area contributed by atoms with Crippen LogP contribution < -0.4 is 58.9 Å². The number of aliphatic hydroxyl groups is 1. The Hall–Kier alpha value is -11.4. The maximum Gasteiger partial charge on any atom is 0.245 e. The van der Waals surface area contributed by atoms with Crippen molar-refractivity contribution in [3.05, 3.63) is 145 Å². The van der Waals surface area contributed by atoms with Crippen molar-refractivity contribution in [2.45, 2.75) is 132 Å². The summed E-state index contributed by atoms with van der Waals surface area (Å²) in [6, 6.07) is 9.76. The Morgan fingerprint density at radius 2 is 1.00 bits per heavy atom. The molecular formula is C66H80N20O11. The second-order valence-electron chi connectivity index (χ2n) is 24.1. The number of amides is 10. The second-order valence-corrected chi connectivity index (χ2v) is 24.1. The maximum absolute atomic E-state index is 15.4. The van der Waals surface area contributed by atoms with E-state index in [1.54, 1.807) is 43.7 Å². The van der Waals surface area contributed by atoms with Crippen molar-refractivity contribution in [2.24, 2.45) is 5.73 Å². The van der Waals surface area contributed by atoms with Gasteiger partial charge < -0.3 is 93.8 Å². The summed E-state index contributed by atoms with van der Waals surface area (Å²) in [4.78, 5) is 168. The molecule has 8 aromatic rings. The molecule has 0 spiro atoms. The number of likely N-dealkylation sites (N-methyl/N-ethyl adjacent to an activating group) is 1. The number of imidazole rings is 2. The van der Waals surface area contributed by atoms with E-state index in [-0.39, 0.29) is 94.3 Å². The number of likely N-dealkylation sites (tertiary alicyclic amines) is 1. The summed E-state index contributed by atoms with van der Waals surface area (Å²) < 4.78 is 0. The number of aromatic amines is 5. The Kier molecular flexibility index (Phi) is 22.7. The summed E-state index contributed by atoms with van der Waals surface area (Å²) in [7, 11) is 0. The number of H-pyrrole nitrogens is 5. The van der Waals surface area contributed by atoms with Gasteiger partial charge in [-0.25, -0.2) is 9.97 Å². The van der Waals surface area contributed by atoms with Crippen LogP contribution in [0.3, 0.4) is 0 Å². The number of fused-ring (bicyclic) bond motifs is 3. The third-order valence-electron chi connectivity index (χ3n) is 17.3. The van der Waals surface area contributed by atoms with Gasteiger partial charge in [-0.3, -0.25) is 53.4 Å². The molecule has 0 radical (unpaired) electrons. The van der Waals surface area contributed by atoms with Gasteiger partial charge in [0, 0.05) is 122 Å². The minimum Gasteiger partial charge on any atom is -0.394 e. The molecule has 7 heterocycles. The van der Waals surface area contributed by atoms with Gasteiger partial charge in [0.15, 0.2) is 5.96 Å². The number of hydrogen-bond acceptors (Lipinski definition) is 14. The van der Waals surface area contributed by atoms with Crippen LogP contribution in [0, 0.1) is 5.41 Å². The lowest BCUT2D eigenvalue weighted by Gasteiger charge is -2.30. The molecule has 0 unspecified atom stereocenters. The summed E-state index contributed by atoms with van der Waals surface area (Å²) >= 11 is 0. The highest BCUT2D eigenvalue weighted by molar-refractivity contribution is 6.00. The average Bonchev–Trinajstić information content (AvgIpc) is 1.77. The molecule has 97 heavy (non-hydrogen) atoms. The number of carbonyl (C=O) groups is 10. The molecule has 2 fully saturated rings. The molecule has 10 amide bonds. The van der Waals surface area contributed by atoms with E-state index in [0.29, 0.717) is 63.6 Å². The Morgan fingerprint density at radius 3 is 1.42 bits per heavy atom. The van der Waals surface area contributed by atoms with Gasteiger partial charge in [0.25, 0.3) is 0 Å². The van der Waals surface area contributed by atoms with Crippen molar-refractivity contribution in [2.75, 3.05) is 26.2 Å². The van der Waals surface area contributed by atoms with Crippen molar-refractivity contribution in [1.82, 2.24) is 93.0 Å². The number of aliphatic hydroxyl groups excluding tert-OH is 1. The van der Waals surface area contributed by atoms with Crippen LogP contribution in [-0.2, 0) is 80.0 Å². The number of benzene rings is 3. The highest BCUT2D eigenvalue weighted by Gasteiger charge is 2.40. The maximum atomic E-state index is 15.4. The number of rotatable bonds is 32.